The maximum absolute atomic E-state index is 14.8. The second kappa shape index (κ2) is 14.9. The Morgan fingerprint density at radius 3 is 2.48 bits per heavy atom. The number of likely N-dealkylation sites (tertiary alicyclic amines) is 1. The number of carbonyl (C=O) groups is 2. The monoisotopic (exact) mass is 652 g/mol. The number of nitrogens with one attached hydrogen (secondary N) is 1. The van der Waals surface area contributed by atoms with Gasteiger partial charge in [0.25, 0.3) is 0 Å². The zero-order chi connectivity index (χ0) is 33.6. The minimum Gasteiger partial charge on any atom is -0.494 e. The molecule has 0 unspecified atom stereocenters. The van der Waals surface area contributed by atoms with Crippen LogP contribution in [0.3, 0.4) is 0 Å². The summed E-state index contributed by atoms with van der Waals surface area (Å²) < 4.78 is 27.3. The lowest BCUT2D eigenvalue weighted by Gasteiger charge is -2.31. The number of pyridine rings is 1. The van der Waals surface area contributed by atoms with Gasteiger partial charge in [0.1, 0.15) is 5.82 Å². The molecule has 1 fully saturated rings. The quantitative estimate of drug-likeness (QED) is 0.137. The van der Waals surface area contributed by atoms with E-state index in [9.17, 15) is 19.1 Å². The number of nitrogens with zero attached hydrogens (tertiary/aromatic N) is 3. The molecule has 3 heterocycles. The van der Waals surface area contributed by atoms with Crippen molar-refractivity contribution in [3.63, 3.8) is 0 Å². The van der Waals surface area contributed by atoms with Crippen molar-refractivity contribution >= 4 is 39.6 Å². The van der Waals surface area contributed by atoms with Gasteiger partial charge in [-0.1, -0.05) is 54.6 Å². The Morgan fingerprint density at radius 1 is 1.02 bits per heavy atom. The fourth-order valence-corrected chi connectivity index (χ4v) is 6.73. The van der Waals surface area contributed by atoms with Crippen molar-refractivity contribution in [1.82, 2.24) is 14.5 Å². The van der Waals surface area contributed by atoms with Gasteiger partial charge in [0.15, 0.2) is 11.6 Å². The summed E-state index contributed by atoms with van der Waals surface area (Å²) in [7, 11) is 1.42. The van der Waals surface area contributed by atoms with Crippen LogP contribution in [0.5, 0.6) is 5.75 Å². The summed E-state index contributed by atoms with van der Waals surface area (Å²) in [4.78, 5) is 31.8. The average molecular weight is 653 g/mol. The van der Waals surface area contributed by atoms with Crippen LogP contribution in [-0.2, 0) is 29.0 Å². The van der Waals surface area contributed by atoms with Gasteiger partial charge in [-0.2, -0.15) is 0 Å². The van der Waals surface area contributed by atoms with Gasteiger partial charge in [-0.15, -0.1) is 0 Å². The number of hydrogen-bond acceptors (Lipinski definition) is 6. The van der Waals surface area contributed by atoms with Gasteiger partial charge in [-0.3, -0.25) is 4.79 Å². The molecule has 1 saturated heterocycles. The molecular weight excluding hydrogens is 611 g/mol. The molecule has 0 atom stereocenters. The number of rotatable bonds is 12. The second-order valence-corrected chi connectivity index (χ2v) is 12.4. The van der Waals surface area contributed by atoms with Crippen LogP contribution in [-0.4, -0.2) is 64.9 Å². The van der Waals surface area contributed by atoms with Crippen LogP contribution < -0.4 is 10.1 Å². The minimum atomic E-state index is -1.11. The Morgan fingerprint density at radius 2 is 1.77 bits per heavy atom. The van der Waals surface area contributed by atoms with Crippen molar-refractivity contribution in [1.29, 1.82) is 0 Å². The highest BCUT2D eigenvalue weighted by atomic mass is 19.1. The minimum absolute atomic E-state index is 0.0970. The first-order valence-corrected chi connectivity index (χ1v) is 16.5. The van der Waals surface area contributed by atoms with E-state index in [2.05, 4.69) is 5.32 Å². The number of hydrogen-bond donors (Lipinski definition) is 2. The Hall–Kier alpha value is -4.96. The van der Waals surface area contributed by atoms with Crippen molar-refractivity contribution in [3.05, 3.63) is 101 Å². The standard InChI is InChI=1S/C38H41FN4O5/c1-25(44)42-18-16-26(17-19-42)23-40-37-30(12-8-20-48-24-27-9-4-3-5-10-27)35-29-11-6-7-13-33(29)43(38(45)46)36(35)32(41-37)22-28-14-15-34(47-2)31(39)21-28/h3-7,9-11,13-15,21,26H,8,12,16-20,22-24H2,1-2H3,(H,40,41)(H,45,46). The normalized spacial score (nSPS) is 13.7. The van der Waals surface area contributed by atoms with Crippen molar-refractivity contribution < 1.29 is 28.6 Å². The third-order valence-electron chi connectivity index (χ3n) is 9.21. The summed E-state index contributed by atoms with van der Waals surface area (Å²) in [6, 6.07) is 22.3. The van der Waals surface area contributed by atoms with Gasteiger partial charge in [0.2, 0.25) is 5.91 Å². The first-order chi connectivity index (χ1) is 23.3. The number of halogens is 1. The van der Waals surface area contributed by atoms with Gasteiger partial charge >= 0.3 is 6.09 Å². The molecule has 48 heavy (non-hydrogen) atoms. The van der Waals surface area contributed by atoms with Crippen LogP contribution in [0.2, 0.25) is 0 Å². The molecule has 0 bridgehead atoms. The Balaban J connectivity index is 1.40. The molecule has 0 saturated carbocycles. The lowest BCUT2D eigenvalue weighted by Crippen LogP contribution is -2.38. The van der Waals surface area contributed by atoms with E-state index in [1.165, 1.54) is 17.7 Å². The highest BCUT2D eigenvalue weighted by Crippen LogP contribution is 2.38. The predicted molar refractivity (Wildman–Crippen MR) is 184 cm³/mol. The van der Waals surface area contributed by atoms with E-state index in [1.807, 2.05) is 59.5 Å². The molecule has 2 aromatic heterocycles. The SMILES string of the molecule is COc1ccc(Cc2nc(NCC3CCN(C(C)=O)CC3)c(CCCOCc3ccccc3)c3c4ccccc4n(C(=O)O)c23)cc1F. The molecule has 9 nitrogen and oxygen atoms in total. The van der Waals surface area contributed by atoms with Gasteiger partial charge in [-0.05, 0) is 60.9 Å². The van der Waals surface area contributed by atoms with E-state index in [0.717, 1.165) is 47.8 Å². The van der Waals surface area contributed by atoms with Gasteiger partial charge in [0.05, 0.1) is 30.4 Å². The zero-order valence-corrected chi connectivity index (χ0v) is 27.4. The van der Waals surface area contributed by atoms with E-state index in [1.54, 1.807) is 19.1 Å². The number of benzene rings is 3. The highest BCUT2D eigenvalue weighted by molar-refractivity contribution is 6.15. The predicted octanol–water partition coefficient (Wildman–Crippen LogP) is 7.27. The lowest BCUT2D eigenvalue weighted by atomic mass is 9.96. The zero-order valence-electron chi connectivity index (χ0n) is 27.4. The average Bonchev–Trinajstić information content (AvgIpc) is 3.45. The first-order valence-electron chi connectivity index (χ1n) is 16.5. The third kappa shape index (κ3) is 7.13. The van der Waals surface area contributed by atoms with Crippen molar-refractivity contribution in [2.75, 3.05) is 38.7 Å². The molecular formula is C38H41FN4O5. The highest BCUT2D eigenvalue weighted by Gasteiger charge is 2.26. The molecule has 6 rings (SSSR count). The lowest BCUT2D eigenvalue weighted by molar-refractivity contribution is -0.130. The molecule has 10 heteroatoms. The molecule has 1 aliphatic rings. The number of piperidine rings is 1. The first kappa shape index (κ1) is 33.0. The molecule has 1 amide bonds. The molecule has 0 radical (unpaired) electrons. The number of ether oxygens (including phenoxy) is 2. The van der Waals surface area contributed by atoms with Crippen molar-refractivity contribution in [2.24, 2.45) is 5.92 Å². The molecule has 0 aliphatic carbocycles. The number of anilines is 1. The molecule has 0 spiro atoms. The summed E-state index contributed by atoms with van der Waals surface area (Å²) >= 11 is 0. The Bertz CT molecular complexity index is 1920. The van der Waals surface area contributed by atoms with Crippen LogP contribution in [0.4, 0.5) is 15.0 Å². The fourth-order valence-electron chi connectivity index (χ4n) is 6.73. The van der Waals surface area contributed by atoms with E-state index < -0.39 is 11.9 Å². The van der Waals surface area contributed by atoms with E-state index in [4.69, 9.17) is 14.5 Å². The second-order valence-electron chi connectivity index (χ2n) is 12.4. The number of carbonyl (C=O) groups excluding carboxylic acids is 1. The number of aryl methyl sites for hydroxylation is 1. The van der Waals surface area contributed by atoms with Crippen molar-refractivity contribution in [3.8, 4) is 5.75 Å². The number of methoxy groups -OCH3 is 1. The van der Waals surface area contributed by atoms with Crippen LogP contribution in [0.1, 0.15) is 48.6 Å². The molecule has 1 aliphatic heterocycles. The summed E-state index contributed by atoms with van der Waals surface area (Å²) in [6.45, 7) is 4.74. The number of para-hydroxylation sites is 1. The number of fused-ring (bicyclic) bond motifs is 3. The Kier molecular flexibility index (Phi) is 10.2. The third-order valence-corrected chi connectivity index (χ3v) is 9.21. The van der Waals surface area contributed by atoms with E-state index in [-0.39, 0.29) is 18.1 Å². The molecule has 250 valence electrons. The van der Waals surface area contributed by atoms with Gasteiger partial charge in [-0.25, -0.2) is 18.7 Å². The van der Waals surface area contributed by atoms with Crippen LogP contribution in [0.25, 0.3) is 21.8 Å². The number of amides is 1. The molecule has 2 N–H and O–H groups in total. The number of carboxylic acid groups (broad SMARTS) is 1. The summed E-state index contributed by atoms with van der Waals surface area (Å²) in [5, 5.41) is 15.8. The van der Waals surface area contributed by atoms with Crippen LogP contribution in [0, 0.1) is 11.7 Å². The van der Waals surface area contributed by atoms with Gasteiger partial charge in [0, 0.05) is 55.9 Å². The molecule has 3 aromatic carbocycles. The topological polar surface area (TPSA) is 106 Å². The number of aromatic nitrogens is 2. The van der Waals surface area contributed by atoms with Crippen molar-refractivity contribution in [2.45, 2.75) is 45.6 Å². The maximum Gasteiger partial charge on any atom is 0.416 e. The maximum atomic E-state index is 14.8. The van der Waals surface area contributed by atoms with Gasteiger partial charge < -0.3 is 24.8 Å². The summed E-state index contributed by atoms with van der Waals surface area (Å²) in [6.07, 6.45) is 2.17. The van der Waals surface area contributed by atoms with Crippen LogP contribution in [0.15, 0.2) is 72.8 Å². The van der Waals surface area contributed by atoms with E-state index in [0.29, 0.717) is 66.6 Å². The molecule has 5 aromatic rings. The largest absolute Gasteiger partial charge is 0.494 e. The van der Waals surface area contributed by atoms with Crippen LogP contribution >= 0.6 is 0 Å². The fraction of sp³-hybridized carbons (Fsp3) is 0.342. The smallest absolute Gasteiger partial charge is 0.416 e. The summed E-state index contributed by atoms with van der Waals surface area (Å²) in [5.41, 5.74) is 4.28. The summed E-state index contributed by atoms with van der Waals surface area (Å²) in [5.74, 6) is 0.781. The Labute approximate surface area is 279 Å². The van der Waals surface area contributed by atoms with E-state index >= 15 is 0 Å².